The van der Waals surface area contributed by atoms with Gasteiger partial charge in [-0.2, -0.15) is 5.10 Å². The van der Waals surface area contributed by atoms with E-state index in [1.807, 2.05) is 6.07 Å². The smallest absolute Gasteiger partial charge is 0.241 e. The van der Waals surface area contributed by atoms with Crippen molar-refractivity contribution in [2.75, 3.05) is 27.2 Å². The van der Waals surface area contributed by atoms with Crippen molar-refractivity contribution in [1.29, 1.82) is 0 Å². The Morgan fingerprint density at radius 1 is 1.36 bits per heavy atom. The quantitative estimate of drug-likeness (QED) is 0.370. The highest BCUT2D eigenvalue weighted by molar-refractivity contribution is 14.0. The number of hydrogen-bond acceptors (Lipinski definition) is 3. The molecule has 142 valence electrons. The summed E-state index contributed by atoms with van der Waals surface area (Å²) in [5, 5.41) is 11.0. The minimum absolute atomic E-state index is 0. The zero-order valence-electron chi connectivity index (χ0n) is 15.5. The van der Waals surface area contributed by atoms with Crippen molar-refractivity contribution >= 4 is 35.8 Å². The monoisotopic (exact) mass is 462 g/mol. The molecular weight excluding hydrogens is 431 g/mol. The minimum atomic E-state index is 0. The lowest BCUT2D eigenvalue weighted by Gasteiger charge is -2.14. The molecule has 2 N–H and O–H groups in total. The molecule has 0 aliphatic heterocycles. The van der Waals surface area contributed by atoms with Gasteiger partial charge in [-0.05, 0) is 25.3 Å². The number of guanidine groups is 1. The number of likely N-dealkylation sites (N-methyl/N-ethyl adjacent to an activating group) is 1. The summed E-state index contributed by atoms with van der Waals surface area (Å²) in [5.74, 6) is 0.675. The van der Waals surface area contributed by atoms with Gasteiger partial charge in [0.25, 0.3) is 0 Å². The molecule has 1 aromatic rings. The summed E-state index contributed by atoms with van der Waals surface area (Å²) in [6.07, 6.45) is 8.10. The van der Waals surface area contributed by atoms with Crippen LogP contribution in [0, 0.1) is 0 Å². The number of carbonyl (C=O) groups is 1. The summed E-state index contributed by atoms with van der Waals surface area (Å²) in [5.41, 5.74) is 0.957. The lowest BCUT2D eigenvalue weighted by Crippen LogP contribution is -2.43. The highest BCUT2D eigenvalue weighted by Gasteiger charge is 2.17. The molecule has 7 nitrogen and oxygen atoms in total. The van der Waals surface area contributed by atoms with E-state index in [4.69, 9.17) is 0 Å². The standard InChI is InChI=1S/C17H30N6O.HI/c1-4-10-18-17(20-13-16(24)22(2)3)19-12-14-9-11-23(21-14)15-7-5-6-8-15;/h9,11,15H,4-8,10,12-13H2,1-3H3,(H2,18,19,20);1H. The summed E-state index contributed by atoms with van der Waals surface area (Å²) in [6, 6.07) is 2.58. The Balaban J connectivity index is 0.00000312. The Bertz CT molecular complexity index is 551. The molecule has 0 saturated heterocycles. The van der Waals surface area contributed by atoms with Gasteiger partial charge < -0.3 is 15.5 Å². The van der Waals surface area contributed by atoms with Gasteiger partial charge in [-0.3, -0.25) is 9.48 Å². The molecule has 1 saturated carbocycles. The van der Waals surface area contributed by atoms with Gasteiger partial charge in [-0.25, -0.2) is 4.99 Å². The number of carbonyl (C=O) groups excluding carboxylic acids is 1. The van der Waals surface area contributed by atoms with Gasteiger partial charge in [0.05, 0.1) is 24.8 Å². The number of rotatable bonds is 7. The normalized spacial score (nSPS) is 14.9. The molecular formula is C17H31IN6O. The molecule has 1 fully saturated rings. The van der Waals surface area contributed by atoms with Crippen molar-refractivity contribution in [1.82, 2.24) is 25.3 Å². The van der Waals surface area contributed by atoms with Gasteiger partial charge >= 0.3 is 0 Å². The van der Waals surface area contributed by atoms with Crippen molar-refractivity contribution in [3.8, 4) is 0 Å². The van der Waals surface area contributed by atoms with Crippen LogP contribution in [0.4, 0.5) is 0 Å². The second-order valence-electron chi connectivity index (χ2n) is 6.46. The molecule has 0 aromatic carbocycles. The predicted octanol–water partition coefficient (Wildman–Crippen LogP) is 2.15. The number of amides is 1. The summed E-state index contributed by atoms with van der Waals surface area (Å²) in [4.78, 5) is 17.8. The zero-order valence-corrected chi connectivity index (χ0v) is 17.8. The van der Waals surface area contributed by atoms with E-state index in [2.05, 4.69) is 38.5 Å². The number of aliphatic imine (C=N–C) groups is 1. The molecule has 2 rings (SSSR count). The Morgan fingerprint density at radius 2 is 2.08 bits per heavy atom. The number of nitrogens with zero attached hydrogens (tertiary/aromatic N) is 4. The molecule has 0 bridgehead atoms. The van der Waals surface area contributed by atoms with Crippen LogP contribution in [0.1, 0.15) is 50.8 Å². The molecule has 1 aromatic heterocycles. The van der Waals surface area contributed by atoms with Gasteiger partial charge in [-0.15, -0.1) is 24.0 Å². The first-order chi connectivity index (χ1) is 11.6. The van der Waals surface area contributed by atoms with Crippen LogP contribution in [0.5, 0.6) is 0 Å². The summed E-state index contributed by atoms with van der Waals surface area (Å²) in [6.45, 7) is 3.66. The van der Waals surface area contributed by atoms with E-state index in [1.54, 1.807) is 19.0 Å². The third-order valence-electron chi connectivity index (χ3n) is 4.21. The van der Waals surface area contributed by atoms with Gasteiger partial charge in [0.2, 0.25) is 5.91 Å². The van der Waals surface area contributed by atoms with Crippen LogP contribution in [0.25, 0.3) is 0 Å². The van der Waals surface area contributed by atoms with Crippen molar-refractivity contribution in [2.45, 2.75) is 51.6 Å². The summed E-state index contributed by atoms with van der Waals surface area (Å²) < 4.78 is 2.08. The molecule has 0 unspecified atom stereocenters. The first kappa shape index (κ1) is 21.7. The zero-order chi connectivity index (χ0) is 17.4. The predicted molar refractivity (Wildman–Crippen MR) is 111 cm³/mol. The molecule has 0 spiro atoms. The van der Waals surface area contributed by atoms with E-state index in [0.29, 0.717) is 18.5 Å². The van der Waals surface area contributed by atoms with Crippen LogP contribution in [-0.2, 0) is 11.3 Å². The molecule has 1 amide bonds. The van der Waals surface area contributed by atoms with Gasteiger partial charge in [-0.1, -0.05) is 19.8 Å². The van der Waals surface area contributed by atoms with E-state index < -0.39 is 0 Å². The van der Waals surface area contributed by atoms with Gasteiger partial charge in [0.15, 0.2) is 5.96 Å². The molecule has 0 atom stereocenters. The highest BCUT2D eigenvalue weighted by atomic mass is 127. The molecule has 1 aliphatic rings. The highest BCUT2D eigenvalue weighted by Crippen LogP contribution is 2.28. The fraction of sp³-hybridized carbons (Fsp3) is 0.706. The van der Waals surface area contributed by atoms with Crippen LogP contribution in [0.2, 0.25) is 0 Å². The average molecular weight is 462 g/mol. The molecule has 1 heterocycles. The number of nitrogens with one attached hydrogen (secondary N) is 2. The number of hydrogen-bond donors (Lipinski definition) is 2. The van der Waals surface area contributed by atoms with Crippen LogP contribution in [0.15, 0.2) is 17.3 Å². The van der Waals surface area contributed by atoms with Crippen LogP contribution in [-0.4, -0.2) is 53.7 Å². The third kappa shape index (κ3) is 7.21. The van der Waals surface area contributed by atoms with E-state index in [-0.39, 0.29) is 36.4 Å². The van der Waals surface area contributed by atoms with Crippen LogP contribution >= 0.6 is 24.0 Å². The minimum Gasteiger partial charge on any atom is -0.356 e. The summed E-state index contributed by atoms with van der Waals surface area (Å²) >= 11 is 0. The second kappa shape index (κ2) is 11.3. The Hall–Kier alpha value is -1.32. The van der Waals surface area contributed by atoms with E-state index in [1.165, 1.54) is 25.7 Å². The second-order valence-corrected chi connectivity index (χ2v) is 6.46. The van der Waals surface area contributed by atoms with E-state index in [9.17, 15) is 4.79 Å². The Morgan fingerprint density at radius 3 is 2.72 bits per heavy atom. The maximum Gasteiger partial charge on any atom is 0.241 e. The Kier molecular flexibility index (Phi) is 9.84. The Labute approximate surface area is 167 Å². The SMILES string of the molecule is CCCNC(=NCc1ccn(C2CCCC2)n1)NCC(=O)N(C)C.I. The summed E-state index contributed by atoms with van der Waals surface area (Å²) in [7, 11) is 3.49. The average Bonchev–Trinajstić information content (AvgIpc) is 3.24. The lowest BCUT2D eigenvalue weighted by atomic mass is 10.3. The number of aromatic nitrogens is 2. The van der Waals surface area contributed by atoms with Crippen molar-refractivity contribution in [3.05, 3.63) is 18.0 Å². The largest absolute Gasteiger partial charge is 0.356 e. The topological polar surface area (TPSA) is 74.5 Å². The van der Waals surface area contributed by atoms with Gasteiger partial charge in [0.1, 0.15) is 0 Å². The first-order valence-corrected chi connectivity index (χ1v) is 8.86. The first-order valence-electron chi connectivity index (χ1n) is 8.86. The van der Waals surface area contributed by atoms with Gasteiger partial charge in [0, 0.05) is 26.8 Å². The maximum absolute atomic E-state index is 11.7. The van der Waals surface area contributed by atoms with Crippen molar-refractivity contribution < 1.29 is 4.79 Å². The van der Waals surface area contributed by atoms with E-state index >= 15 is 0 Å². The third-order valence-corrected chi connectivity index (χ3v) is 4.21. The number of halogens is 1. The van der Waals surface area contributed by atoms with Crippen LogP contribution in [0.3, 0.4) is 0 Å². The van der Waals surface area contributed by atoms with Crippen molar-refractivity contribution in [2.24, 2.45) is 4.99 Å². The fourth-order valence-electron chi connectivity index (χ4n) is 2.73. The molecule has 25 heavy (non-hydrogen) atoms. The van der Waals surface area contributed by atoms with Crippen LogP contribution < -0.4 is 10.6 Å². The maximum atomic E-state index is 11.7. The van der Waals surface area contributed by atoms with E-state index in [0.717, 1.165) is 18.7 Å². The molecule has 1 aliphatic carbocycles. The fourth-order valence-corrected chi connectivity index (χ4v) is 2.73. The molecule has 8 heteroatoms. The lowest BCUT2D eigenvalue weighted by molar-refractivity contribution is -0.127. The molecule has 0 radical (unpaired) electrons. The van der Waals surface area contributed by atoms with Crippen molar-refractivity contribution in [3.63, 3.8) is 0 Å².